The van der Waals surface area contributed by atoms with E-state index in [2.05, 4.69) is 55.7 Å². The number of amides is 1. The van der Waals surface area contributed by atoms with Gasteiger partial charge in [0.2, 0.25) is 0 Å². The molecule has 0 aliphatic carbocycles. The van der Waals surface area contributed by atoms with E-state index in [1.165, 1.54) is 5.56 Å². The van der Waals surface area contributed by atoms with Crippen LogP contribution in [0.5, 0.6) is 0 Å². The van der Waals surface area contributed by atoms with Gasteiger partial charge in [-0.05, 0) is 38.7 Å². The smallest absolute Gasteiger partial charge is 0.407 e. The lowest BCUT2D eigenvalue weighted by Crippen LogP contribution is -2.45. The molecule has 0 heterocycles. The van der Waals surface area contributed by atoms with E-state index in [0.29, 0.717) is 12.5 Å². The van der Waals surface area contributed by atoms with Gasteiger partial charge in [0.05, 0.1) is 0 Å². The number of rotatable bonds is 9. The zero-order valence-electron chi connectivity index (χ0n) is 16.8. The molecule has 2 unspecified atom stereocenters. The van der Waals surface area contributed by atoms with Crippen molar-refractivity contribution in [1.82, 2.24) is 10.6 Å². The molecule has 1 amide bonds. The Hall–Kier alpha value is -1.55. The highest BCUT2D eigenvalue weighted by molar-refractivity contribution is 5.67. The van der Waals surface area contributed by atoms with Gasteiger partial charge >= 0.3 is 6.09 Å². The molecule has 0 saturated carbocycles. The van der Waals surface area contributed by atoms with Gasteiger partial charge in [0, 0.05) is 18.6 Å². The molecule has 2 N–H and O–H groups in total. The zero-order valence-corrected chi connectivity index (χ0v) is 16.8. The minimum absolute atomic E-state index is 0.222. The van der Waals surface area contributed by atoms with Crippen LogP contribution in [0.2, 0.25) is 0 Å². The van der Waals surface area contributed by atoms with Crippen LogP contribution in [-0.2, 0) is 4.74 Å². The number of alkyl carbamates (subject to hydrolysis) is 1. The van der Waals surface area contributed by atoms with Crippen molar-refractivity contribution in [2.75, 3.05) is 6.54 Å². The van der Waals surface area contributed by atoms with Crippen molar-refractivity contribution in [2.45, 2.75) is 78.5 Å². The first-order chi connectivity index (χ1) is 11.7. The van der Waals surface area contributed by atoms with Crippen molar-refractivity contribution < 1.29 is 9.53 Å². The fourth-order valence-corrected chi connectivity index (χ4v) is 2.80. The van der Waals surface area contributed by atoms with E-state index in [1.807, 2.05) is 26.8 Å². The highest BCUT2D eigenvalue weighted by Crippen LogP contribution is 2.22. The number of ether oxygens (including phenoxy) is 1. The molecule has 0 aliphatic heterocycles. The Morgan fingerprint density at radius 2 is 1.80 bits per heavy atom. The van der Waals surface area contributed by atoms with Crippen molar-refractivity contribution in [1.29, 1.82) is 0 Å². The van der Waals surface area contributed by atoms with Crippen LogP contribution in [0, 0.1) is 5.92 Å². The number of carbonyl (C=O) groups excluding carboxylic acids is 1. The minimum atomic E-state index is -0.471. The molecule has 0 aliphatic rings. The Morgan fingerprint density at radius 1 is 1.16 bits per heavy atom. The van der Waals surface area contributed by atoms with E-state index in [0.717, 1.165) is 19.3 Å². The normalized spacial score (nSPS) is 14.2. The number of nitrogens with one attached hydrogen (secondary N) is 2. The molecule has 0 radical (unpaired) electrons. The number of unbranched alkanes of at least 4 members (excludes halogenated alkanes) is 1. The lowest BCUT2D eigenvalue weighted by molar-refractivity contribution is 0.0520. The SMILES string of the molecule is CCCCC(CNC(=O)OC(C)(C)C)NC(c1ccccc1)C(C)C. The summed E-state index contributed by atoms with van der Waals surface area (Å²) < 4.78 is 5.35. The molecule has 4 heteroatoms. The van der Waals surface area contributed by atoms with Crippen LogP contribution in [-0.4, -0.2) is 24.3 Å². The van der Waals surface area contributed by atoms with E-state index >= 15 is 0 Å². The lowest BCUT2D eigenvalue weighted by atomic mass is 9.94. The van der Waals surface area contributed by atoms with Crippen LogP contribution >= 0.6 is 0 Å². The van der Waals surface area contributed by atoms with Gasteiger partial charge < -0.3 is 15.4 Å². The van der Waals surface area contributed by atoms with Crippen LogP contribution in [0.3, 0.4) is 0 Å². The Bertz CT molecular complexity index is 494. The maximum atomic E-state index is 12.0. The summed E-state index contributed by atoms with van der Waals surface area (Å²) in [4.78, 5) is 12.0. The maximum absolute atomic E-state index is 12.0. The Morgan fingerprint density at radius 3 is 2.32 bits per heavy atom. The molecule has 0 fully saturated rings. The summed E-state index contributed by atoms with van der Waals surface area (Å²) in [6.45, 7) is 12.9. The summed E-state index contributed by atoms with van der Waals surface area (Å²) in [5, 5.41) is 6.67. The topological polar surface area (TPSA) is 50.4 Å². The summed E-state index contributed by atoms with van der Waals surface area (Å²) in [7, 11) is 0. The first kappa shape index (κ1) is 21.5. The zero-order chi connectivity index (χ0) is 18.9. The van der Waals surface area contributed by atoms with E-state index in [4.69, 9.17) is 4.74 Å². The Balaban J connectivity index is 2.71. The van der Waals surface area contributed by atoms with Crippen LogP contribution in [0.1, 0.15) is 72.4 Å². The van der Waals surface area contributed by atoms with Gasteiger partial charge in [-0.15, -0.1) is 0 Å². The van der Waals surface area contributed by atoms with E-state index < -0.39 is 5.60 Å². The van der Waals surface area contributed by atoms with Gasteiger partial charge in [-0.2, -0.15) is 0 Å². The minimum Gasteiger partial charge on any atom is -0.444 e. The third kappa shape index (κ3) is 8.92. The van der Waals surface area contributed by atoms with E-state index in [-0.39, 0.29) is 18.2 Å². The lowest BCUT2D eigenvalue weighted by Gasteiger charge is -2.29. The van der Waals surface area contributed by atoms with Gasteiger partial charge in [-0.3, -0.25) is 0 Å². The van der Waals surface area contributed by atoms with Gasteiger partial charge in [0.15, 0.2) is 0 Å². The summed E-state index contributed by atoms with van der Waals surface area (Å²) in [6, 6.07) is 11.0. The quantitative estimate of drug-likeness (QED) is 0.656. The van der Waals surface area contributed by atoms with E-state index in [1.54, 1.807) is 0 Å². The first-order valence-electron chi connectivity index (χ1n) is 9.50. The molecule has 4 nitrogen and oxygen atoms in total. The molecule has 25 heavy (non-hydrogen) atoms. The second-order valence-electron chi connectivity index (χ2n) is 8.02. The van der Waals surface area contributed by atoms with Crippen LogP contribution in [0.15, 0.2) is 30.3 Å². The average Bonchev–Trinajstić information content (AvgIpc) is 2.53. The second-order valence-corrected chi connectivity index (χ2v) is 8.02. The second kappa shape index (κ2) is 10.4. The molecule has 0 aromatic heterocycles. The van der Waals surface area contributed by atoms with Crippen LogP contribution in [0.4, 0.5) is 4.79 Å². The monoisotopic (exact) mass is 348 g/mol. The molecular formula is C21H36N2O2. The van der Waals surface area contributed by atoms with Crippen molar-refractivity contribution in [3.63, 3.8) is 0 Å². The van der Waals surface area contributed by atoms with Crippen molar-refractivity contribution >= 4 is 6.09 Å². The summed E-state index contributed by atoms with van der Waals surface area (Å²) >= 11 is 0. The standard InChI is InChI=1S/C21H36N2O2/c1-7-8-14-18(15-22-20(24)25-21(4,5)6)23-19(16(2)3)17-12-10-9-11-13-17/h9-13,16,18-19,23H,7-8,14-15H2,1-6H3,(H,22,24). The molecule has 142 valence electrons. The van der Waals surface area contributed by atoms with Gasteiger partial charge in [0.25, 0.3) is 0 Å². The fourth-order valence-electron chi connectivity index (χ4n) is 2.80. The maximum Gasteiger partial charge on any atom is 0.407 e. The van der Waals surface area contributed by atoms with Crippen LogP contribution in [0.25, 0.3) is 0 Å². The third-order valence-corrected chi connectivity index (χ3v) is 4.04. The van der Waals surface area contributed by atoms with Gasteiger partial charge in [0.1, 0.15) is 5.60 Å². The Kier molecular flexibility index (Phi) is 8.98. The highest BCUT2D eigenvalue weighted by Gasteiger charge is 2.21. The van der Waals surface area contributed by atoms with E-state index in [9.17, 15) is 4.79 Å². The number of benzene rings is 1. The molecule has 1 aromatic rings. The number of hydrogen-bond acceptors (Lipinski definition) is 3. The van der Waals surface area contributed by atoms with Gasteiger partial charge in [-0.25, -0.2) is 4.79 Å². The predicted molar refractivity (Wildman–Crippen MR) is 105 cm³/mol. The molecule has 1 rings (SSSR count). The van der Waals surface area contributed by atoms with Crippen LogP contribution < -0.4 is 10.6 Å². The molecule has 2 atom stereocenters. The molecule has 0 spiro atoms. The highest BCUT2D eigenvalue weighted by atomic mass is 16.6. The average molecular weight is 349 g/mol. The number of carbonyl (C=O) groups is 1. The summed E-state index contributed by atoms with van der Waals surface area (Å²) in [5.41, 5.74) is 0.817. The van der Waals surface area contributed by atoms with Crippen molar-refractivity contribution in [3.05, 3.63) is 35.9 Å². The number of hydrogen-bond donors (Lipinski definition) is 2. The molecular weight excluding hydrogens is 312 g/mol. The largest absolute Gasteiger partial charge is 0.444 e. The van der Waals surface area contributed by atoms with Crippen molar-refractivity contribution in [2.24, 2.45) is 5.92 Å². The van der Waals surface area contributed by atoms with Gasteiger partial charge in [-0.1, -0.05) is 63.9 Å². The Labute approximate surface area is 153 Å². The van der Waals surface area contributed by atoms with Crippen molar-refractivity contribution in [3.8, 4) is 0 Å². The summed E-state index contributed by atoms with van der Waals surface area (Å²) in [5.74, 6) is 0.466. The third-order valence-electron chi connectivity index (χ3n) is 4.04. The molecule has 0 bridgehead atoms. The molecule has 1 aromatic carbocycles. The molecule has 0 saturated heterocycles. The summed E-state index contributed by atoms with van der Waals surface area (Å²) in [6.07, 6.45) is 2.95. The predicted octanol–water partition coefficient (Wildman–Crippen LogP) is 5.06. The fraction of sp³-hybridized carbons (Fsp3) is 0.667. The first-order valence-corrected chi connectivity index (χ1v) is 9.50.